The van der Waals surface area contributed by atoms with E-state index < -0.39 is 34.0 Å². The largest absolute Gasteiger partial charge is 0.480 e. The van der Waals surface area contributed by atoms with Crippen LogP contribution in [0.3, 0.4) is 0 Å². The molecule has 7 nitrogen and oxygen atoms in total. The molecule has 3 aromatic rings. The van der Waals surface area contributed by atoms with E-state index in [1.807, 2.05) is 37.3 Å². The SMILES string of the molecule is Cc1ccc(S(=O)(=O)N[C@@H](Cc2ccccc2)C(=O)N[C@@H](Cc2ccc(C#CC3CCCC3)cc2)C(=O)O)cc1. The van der Waals surface area contributed by atoms with Gasteiger partial charge >= 0.3 is 5.97 Å². The Hall–Kier alpha value is -3.93. The van der Waals surface area contributed by atoms with Crippen molar-refractivity contribution >= 4 is 21.9 Å². The highest BCUT2D eigenvalue weighted by atomic mass is 32.2. The van der Waals surface area contributed by atoms with Gasteiger partial charge in [-0.05, 0) is 61.6 Å². The molecule has 0 aliphatic heterocycles. The molecule has 1 aliphatic rings. The van der Waals surface area contributed by atoms with E-state index >= 15 is 0 Å². The number of aliphatic carboxylic acids is 1. The van der Waals surface area contributed by atoms with Crippen LogP contribution in [0.15, 0.2) is 83.8 Å². The first-order valence-electron chi connectivity index (χ1n) is 13.5. The molecule has 208 valence electrons. The average Bonchev–Trinajstić information content (AvgIpc) is 3.46. The van der Waals surface area contributed by atoms with Gasteiger partial charge in [-0.15, -0.1) is 0 Å². The van der Waals surface area contributed by atoms with Gasteiger partial charge in [-0.2, -0.15) is 4.72 Å². The summed E-state index contributed by atoms with van der Waals surface area (Å²) in [5.74, 6) is 5.02. The van der Waals surface area contributed by atoms with Gasteiger partial charge in [-0.3, -0.25) is 4.79 Å². The van der Waals surface area contributed by atoms with Crippen LogP contribution in [0.25, 0.3) is 0 Å². The summed E-state index contributed by atoms with van der Waals surface area (Å²) in [6.07, 6.45) is 4.81. The normalized spacial score (nSPS) is 15.0. The predicted molar refractivity (Wildman–Crippen MR) is 154 cm³/mol. The van der Waals surface area contributed by atoms with Crippen molar-refractivity contribution in [3.63, 3.8) is 0 Å². The zero-order valence-corrected chi connectivity index (χ0v) is 23.3. The molecule has 8 heteroatoms. The molecule has 0 aromatic heterocycles. The minimum Gasteiger partial charge on any atom is -0.480 e. The molecule has 0 spiro atoms. The standard InChI is InChI=1S/C32H34N2O5S/c1-23-11-19-28(20-12-23)40(38,39)34-29(21-26-9-3-2-4-10-26)31(35)33-30(32(36)37)22-27-17-15-25(16-18-27)14-13-24-7-5-6-8-24/h2-4,9-12,15-20,24,29-30,34H,5-8,21-22H2,1H3,(H,33,35)(H,36,37)/t29-,30-/m0/s1. The van der Waals surface area contributed by atoms with Gasteiger partial charge in [-0.25, -0.2) is 13.2 Å². The molecule has 1 saturated carbocycles. The highest BCUT2D eigenvalue weighted by Gasteiger charge is 2.29. The van der Waals surface area contributed by atoms with Crippen molar-refractivity contribution in [1.82, 2.24) is 10.0 Å². The highest BCUT2D eigenvalue weighted by Crippen LogP contribution is 2.23. The average molecular weight is 559 g/mol. The summed E-state index contributed by atoms with van der Waals surface area (Å²) < 4.78 is 28.7. The Bertz CT molecular complexity index is 1470. The number of hydrogen-bond donors (Lipinski definition) is 3. The molecular formula is C32H34N2O5S. The van der Waals surface area contributed by atoms with Crippen LogP contribution >= 0.6 is 0 Å². The summed E-state index contributed by atoms with van der Waals surface area (Å²) >= 11 is 0. The van der Waals surface area contributed by atoms with E-state index in [-0.39, 0.29) is 17.7 Å². The van der Waals surface area contributed by atoms with E-state index in [1.165, 1.54) is 25.0 Å². The lowest BCUT2D eigenvalue weighted by atomic mass is 10.0. The number of rotatable bonds is 10. The Morgan fingerprint density at radius 1 is 0.875 bits per heavy atom. The molecule has 0 unspecified atom stereocenters. The quantitative estimate of drug-likeness (QED) is 0.322. The van der Waals surface area contributed by atoms with Gasteiger partial charge in [0.2, 0.25) is 15.9 Å². The lowest BCUT2D eigenvalue weighted by molar-refractivity contribution is -0.142. The number of carboxylic acids is 1. The van der Waals surface area contributed by atoms with E-state index in [0.717, 1.165) is 35.1 Å². The first-order valence-corrected chi connectivity index (χ1v) is 14.9. The fourth-order valence-electron chi connectivity index (χ4n) is 4.70. The summed E-state index contributed by atoms with van der Waals surface area (Å²) in [6, 6.07) is 20.1. The second kappa shape index (κ2) is 13.4. The van der Waals surface area contributed by atoms with E-state index in [4.69, 9.17) is 0 Å². The van der Waals surface area contributed by atoms with Crippen LogP contribution in [0.5, 0.6) is 0 Å². The Morgan fingerprint density at radius 2 is 1.48 bits per heavy atom. The molecule has 2 atom stereocenters. The van der Waals surface area contributed by atoms with Crippen molar-refractivity contribution in [3.8, 4) is 11.8 Å². The van der Waals surface area contributed by atoms with Crippen LogP contribution in [-0.2, 0) is 32.5 Å². The topological polar surface area (TPSA) is 113 Å². The summed E-state index contributed by atoms with van der Waals surface area (Å²) in [5.41, 5.74) is 3.21. The van der Waals surface area contributed by atoms with Crippen molar-refractivity contribution in [2.75, 3.05) is 0 Å². The lowest BCUT2D eigenvalue weighted by Gasteiger charge is -2.22. The zero-order chi connectivity index (χ0) is 28.5. The van der Waals surface area contributed by atoms with Crippen molar-refractivity contribution in [3.05, 3.63) is 101 Å². The van der Waals surface area contributed by atoms with Gasteiger partial charge in [0, 0.05) is 17.9 Å². The van der Waals surface area contributed by atoms with E-state index in [9.17, 15) is 23.1 Å². The molecule has 0 bridgehead atoms. The minimum atomic E-state index is -4.04. The van der Waals surface area contributed by atoms with E-state index in [0.29, 0.717) is 5.92 Å². The number of benzene rings is 3. The van der Waals surface area contributed by atoms with Crippen molar-refractivity contribution in [2.45, 2.75) is 62.4 Å². The lowest BCUT2D eigenvalue weighted by Crippen LogP contribution is -2.53. The molecular weight excluding hydrogens is 524 g/mol. The van der Waals surface area contributed by atoms with Crippen molar-refractivity contribution in [1.29, 1.82) is 0 Å². The number of nitrogens with one attached hydrogen (secondary N) is 2. The molecule has 3 aromatic carbocycles. The Balaban J connectivity index is 1.48. The second-order valence-corrected chi connectivity index (χ2v) is 11.9. The fourth-order valence-corrected chi connectivity index (χ4v) is 5.89. The molecule has 4 rings (SSSR count). The Morgan fingerprint density at radius 3 is 2.10 bits per heavy atom. The van der Waals surface area contributed by atoms with Crippen LogP contribution in [0, 0.1) is 24.7 Å². The number of hydrogen-bond acceptors (Lipinski definition) is 4. The van der Waals surface area contributed by atoms with Gasteiger partial charge in [0.25, 0.3) is 0 Å². The Kier molecular flexibility index (Phi) is 9.75. The van der Waals surface area contributed by atoms with Crippen LogP contribution in [0.2, 0.25) is 0 Å². The monoisotopic (exact) mass is 558 g/mol. The maximum atomic E-state index is 13.4. The third-order valence-corrected chi connectivity index (χ3v) is 8.50. The van der Waals surface area contributed by atoms with Gasteiger partial charge < -0.3 is 10.4 Å². The van der Waals surface area contributed by atoms with Crippen LogP contribution in [-0.4, -0.2) is 37.5 Å². The van der Waals surface area contributed by atoms with Crippen molar-refractivity contribution < 1.29 is 23.1 Å². The number of carboxylic acid groups (broad SMARTS) is 1. The maximum absolute atomic E-state index is 13.4. The van der Waals surface area contributed by atoms with Crippen LogP contribution in [0.4, 0.5) is 0 Å². The first kappa shape index (κ1) is 29.1. The molecule has 1 amide bonds. The fraction of sp³-hybridized carbons (Fsp3) is 0.312. The highest BCUT2D eigenvalue weighted by molar-refractivity contribution is 7.89. The molecule has 0 saturated heterocycles. The summed E-state index contributed by atoms with van der Waals surface area (Å²) in [4.78, 5) is 25.5. The molecule has 1 fully saturated rings. The predicted octanol–water partition coefficient (Wildman–Crippen LogP) is 4.24. The van der Waals surface area contributed by atoms with E-state index in [2.05, 4.69) is 21.9 Å². The number of carbonyl (C=O) groups is 2. The molecule has 40 heavy (non-hydrogen) atoms. The van der Waals surface area contributed by atoms with Gasteiger partial charge in [0.15, 0.2) is 0 Å². The second-order valence-electron chi connectivity index (χ2n) is 10.2. The first-order chi connectivity index (χ1) is 19.2. The summed E-state index contributed by atoms with van der Waals surface area (Å²) in [5, 5.41) is 12.4. The van der Waals surface area contributed by atoms with E-state index in [1.54, 1.807) is 36.4 Å². The zero-order valence-electron chi connectivity index (χ0n) is 22.5. The smallest absolute Gasteiger partial charge is 0.326 e. The van der Waals surface area contributed by atoms with Gasteiger partial charge in [0.05, 0.1) is 4.90 Å². The maximum Gasteiger partial charge on any atom is 0.326 e. The number of amides is 1. The third-order valence-electron chi connectivity index (χ3n) is 7.01. The van der Waals surface area contributed by atoms with Gasteiger partial charge in [0.1, 0.15) is 12.1 Å². The summed E-state index contributed by atoms with van der Waals surface area (Å²) in [6.45, 7) is 1.85. The molecule has 3 N–H and O–H groups in total. The van der Waals surface area contributed by atoms with Gasteiger partial charge in [-0.1, -0.05) is 84.8 Å². The van der Waals surface area contributed by atoms with Crippen molar-refractivity contribution in [2.24, 2.45) is 5.92 Å². The van der Waals surface area contributed by atoms with Crippen LogP contribution in [0.1, 0.15) is 47.9 Å². The third kappa shape index (κ3) is 8.28. The summed E-state index contributed by atoms with van der Waals surface area (Å²) in [7, 11) is -4.04. The number of aryl methyl sites for hydroxylation is 1. The Labute approximate surface area is 236 Å². The number of sulfonamides is 1. The number of carbonyl (C=O) groups excluding carboxylic acids is 1. The molecule has 0 radical (unpaired) electrons. The molecule has 0 heterocycles. The van der Waals surface area contributed by atoms with Crippen LogP contribution < -0.4 is 10.0 Å². The molecule has 1 aliphatic carbocycles. The minimum absolute atomic E-state index is 0.0230.